The van der Waals surface area contributed by atoms with Crippen LogP contribution in [0.3, 0.4) is 0 Å². The lowest BCUT2D eigenvalue weighted by Gasteiger charge is -2.08. The van der Waals surface area contributed by atoms with E-state index in [1.165, 1.54) is 4.68 Å². The number of hydrogen-bond acceptors (Lipinski definition) is 6. The molecule has 0 saturated heterocycles. The van der Waals surface area contributed by atoms with Gasteiger partial charge in [-0.3, -0.25) is 10.1 Å². The molecule has 0 fully saturated rings. The highest BCUT2D eigenvalue weighted by molar-refractivity contribution is 5.54. The van der Waals surface area contributed by atoms with Crippen LogP contribution in [0.25, 0.3) is 5.82 Å². The predicted octanol–water partition coefficient (Wildman–Crippen LogP) is 2.10. The lowest BCUT2D eigenvalue weighted by Crippen LogP contribution is -2.11. The van der Waals surface area contributed by atoms with Gasteiger partial charge in [0.25, 0.3) is 0 Å². The van der Waals surface area contributed by atoms with Crippen molar-refractivity contribution in [2.24, 2.45) is 0 Å². The Kier molecular flexibility index (Phi) is 3.88. The second-order valence-electron chi connectivity index (χ2n) is 4.73. The van der Waals surface area contributed by atoms with E-state index in [0.29, 0.717) is 11.6 Å². The van der Waals surface area contributed by atoms with Crippen molar-refractivity contribution in [3.05, 3.63) is 32.8 Å². The van der Waals surface area contributed by atoms with Crippen LogP contribution in [-0.2, 0) is 6.42 Å². The molecule has 8 nitrogen and oxygen atoms in total. The highest BCUT2D eigenvalue weighted by atomic mass is 16.6. The van der Waals surface area contributed by atoms with Crippen LogP contribution in [0.5, 0.6) is 0 Å². The fraction of sp³-hybridized carbons (Fsp3) is 0.462. The highest BCUT2D eigenvalue weighted by Gasteiger charge is 2.26. The fourth-order valence-corrected chi connectivity index (χ4v) is 2.42. The Morgan fingerprint density at radius 1 is 1.24 bits per heavy atom. The van der Waals surface area contributed by atoms with E-state index in [1.807, 2.05) is 20.8 Å². The summed E-state index contributed by atoms with van der Waals surface area (Å²) in [5, 5.41) is 18.6. The summed E-state index contributed by atoms with van der Waals surface area (Å²) in [7, 11) is 1.67. The SMILES string of the molecule is CCc1c(C)nn(-c2nc(NC)nc(C)c2[N+](=O)[O-])c1C. The molecule has 1 N–H and O–H groups in total. The number of aromatic nitrogens is 4. The molecule has 0 atom stereocenters. The molecule has 2 rings (SSSR count). The zero-order chi connectivity index (χ0) is 15.7. The molecule has 0 unspecified atom stereocenters. The Labute approximate surface area is 122 Å². The predicted molar refractivity (Wildman–Crippen MR) is 78.9 cm³/mol. The van der Waals surface area contributed by atoms with Crippen LogP contribution in [0.2, 0.25) is 0 Å². The highest BCUT2D eigenvalue weighted by Crippen LogP contribution is 2.27. The standard InChI is InChI=1S/C13H18N6O2/c1-6-10-7(2)17-18(9(10)4)12-11(19(20)21)8(3)15-13(14-5)16-12/h6H2,1-5H3,(H,14,15,16). The second kappa shape index (κ2) is 5.47. The molecule has 0 amide bonds. The summed E-state index contributed by atoms with van der Waals surface area (Å²) in [6, 6.07) is 0. The number of nitro groups is 1. The largest absolute Gasteiger partial charge is 0.357 e. The van der Waals surface area contributed by atoms with Gasteiger partial charge in [0, 0.05) is 12.7 Å². The first-order chi connectivity index (χ1) is 9.90. The van der Waals surface area contributed by atoms with Gasteiger partial charge in [-0.2, -0.15) is 10.1 Å². The van der Waals surface area contributed by atoms with E-state index < -0.39 is 4.92 Å². The van der Waals surface area contributed by atoms with Crippen molar-refractivity contribution < 1.29 is 4.92 Å². The van der Waals surface area contributed by atoms with Crippen molar-refractivity contribution >= 4 is 11.6 Å². The second-order valence-corrected chi connectivity index (χ2v) is 4.73. The van der Waals surface area contributed by atoms with E-state index in [4.69, 9.17) is 0 Å². The van der Waals surface area contributed by atoms with Gasteiger partial charge in [-0.15, -0.1) is 0 Å². The van der Waals surface area contributed by atoms with Crippen LogP contribution in [-0.4, -0.2) is 31.7 Å². The summed E-state index contributed by atoms with van der Waals surface area (Å²) in [5.41, 5.74) is 2.97. The third-order valence-corrected chi connectivity index (χ3v) is 3.44. The van der Waals surface area contributed by atoms with E-state index in [0.717, 1.165) is 23.4 Å². The average molecular weight is 290 g/mol. The number of rotatable bonds is 4. The van der Waals surface area contributed by atoms with Crippen LogP contribution in [0.15, 0.2) is 0 Å². The quantitative estimate of drug-likeness (QED) is 0.684. The minimum atomic E-state index is -0.466. The summed E-state index contributed by atoms with van der Waals surface area (Å²) in [4.78, 5) is 19.2. The van der Waals surface area contributed by atoms with Gasteiger partial charge in [0.05, 0.1) is 10.6 Å². The summed E-state index contributed by atoms with van der Waals surface area (Å²) >= 11 is 0. The van der Waals surface area contributed by atoms with Crippen molar-refractivity contribution in [3.8, 4) is 5.82 Å². The van der Waals surface area contributed by atoms with Crippen molar-refractivity contribution in [2.45, 2.75) is 34.1 Å². The minimum Gasteiger partial charge on any atom is -0.357 e. The third kappa shape index (κ3) is 2.44. The number of hydrogen-bond donors (Lipinski definition) is 1. The van der Waals surface area contributed by atoms with Crippen LogP contribution < -0.4 is 5.32 Å². The number of anilines is 1. The van der Waals surface area contributed by atoms with Gasteiger partial charge >= 0.3 is 5.69 Å². The van der Waals surface area contributed by atoms with Gasteiger partial charge in [-0.1, -0.05) is 6.92 Å². The Hall–Kier alpha value is -2.51. The summed E-state index contributed by atoms with van der Waals surface area (Å²) in [6.07, 6.45) is 0.814. The normalized spacial score (nSPS) is 10.7. The van der Waals surface area contributed by atoms with E-state index >= 15 is 0 Å². The molecule has 0 aliphatic heterocycles. The molecule has 2 heterocycles. The molecule has 0 aromatic carbocycles. The van der Waals surface area contributed by atoms with Crippen molar-refractivity contribution in [1.82, 2.24) is 19.7 Å². The van der Waals surface area contributed by atoms with Gasteiger partial charge < -0.3 is 5.32 Å². The molecular formula is C13H18N6O2. The maximum Gasteiger partial charge on any atom is 0.334 e. The van der Waals surface area contributed by atoms with Crippen LogP contribution in [0.4, 0.5) is 11.6 Å². The summed E-state index contributed by atoms with van der Waals surface area (Å²) in [6.45, 7) is 7.40. The van der Waals surface area contributed by atoms with Crippen molar-refractivity contribution in [2.75, 3.05) is 12.4 Å². The Balaban J connectivity index is 2.78. The number of aryl methyl sites for hydroxylation is 2. The van der Waals surface area contributed by atoms with E-state index in [-0.39, 0.29) is 11.5 Å². The topological polar surface area (TPSA) is 98.8 Å². The van der Waals surface area contributed by atoms with Gasteiger partial charge in [0.15, 0.2) is 0 Å². The van der Waals surface area contributed by atoms with E-state index in [9.17, 15) is 10.1 Å². The van der Waals surface area contributed by atoms with Crippen LogP contribution in [0.1, 0.15) is 29.6 Å². The molecule has 0 saturated carbocycles. The Morgan fingerprint density at radius 3 is 2.38 bits per heavy atom. The van der Waals surface area contributed by atoms with E-state index in [1.54, 1.807) is 14.0 Å². The molecule has 0 bridgehead atoms. The van der Waals surface area contributed by atoms with Crippen molar-refractivity contribution in [3.63, 3.8) is 0 Å². The summed E-state index contributed by atoms with van der Waals surface area (Å²) < 4.78 is 1.53. The molecule has 0 radical (unpaired) electrons. The zero-order valence-electron chi connectivity index (χ0n) is 12.8. The number of nitrogens with zero attached hydrogens (tertiary/aromatic N) is 5. The molecule has 0 spiro atoms. The maximum absolute atomic E-state index is 11.4. The maximum atomic E-state index is 11.4. The van der Waals surface area contributed by atoms with Gasteiger partial charge in [-0.25, -0.2) is 9.67 Å². The molecular weight excluding hydrogens is 272 g/mol. The smallest absolute Gasteiger partial charge is 0.334 e. The first-order valence-corrected chi connectivity index (χ1v) is 6.66. The first kappa shape index (κ1) is 14.9. The number of nitrogens with one attached hydrogen (secondary N) is 1. The van der Waals surface area contributed by atoms with Gasteiger partial charge in [-0.05, 0) is 32.8 Å². The Bertz CT molecular complexity index is 707. The fourth-order valence-electron chi connectivity index (χ4n) is 2.42. The summed E-state index contributed by atoms with van der Waals surface area (Å²) in [5.74, 6) is 0.524. The van der Waals surface area contributed by atoms with Crippen LogP contribution >= 0.6 is 0 Å². The molecule has 2 aromatic heterocycles. The molecule has 0 aliphatic rings. The average Bonchev–Trinajstić information content (AvgIpc) is 2.71. The molecule has 21 heavy (non-hydrogen) atoms. The third-order valence-electron chi connectivity index (χ3n) is 3.44. The van der Waals surface area contributed by atoms with Crippen molar-refractivity contribution in [1.29, 1.82) is 0 Å². The molecule has 8 heteroatoms. The molecule has 2 aromatic rings. The monoisotopic (exact) mass is 290 g/mol. The molecule has 112 valence electrons. The minimum absolute atomic E-state index is 0.123. The first-order valence-electron chi connectivity index (χ1n) is 6.66. The van der Waals surface area contributed by atoms with Gasteiger partial charge in [0.2, 0.25) is 11.8 Å². The van der Waals surface area contributed by atoms with E-state index in [2.05, 4.69) is 20.4 Å². The lowest BCUT2D eigenvalue weighted by molar-refractivity contribution is -0.385. The Morgan fingerprint density at radius 2 is 1.90 bits per heavy atom. The zero-order valence-corrected chi connectivity index (χ0v) is 12.8. The van der Waals surface area contributed by atoms with Crippen LogP contribution in [0, 0.1) is 30.9 Å². The lowest BCUT2D eigenvalue weighted by atomic mass is 10.1. The molecule has 0 aliphatic carbocycles. The van der Waals surface area contributed by atoms with Gasteiger partial charge in [0.1, 0.15) is 5.69 Å².